The van der Waals surface area contributed by atoms with Crippen molar-refractivity contribution in [2.75, 3.05) is 13.2 Å². The number of rotatable bonds is 13. The Morgan fingerprint density at radius 2 is 0.743 bits per heavy atom. The van der Waals surface area contributed by atoms with E-state index in [2.05, 4.69) is 10.9 Å². The molecule has 4 aromatic carbocycles. The summed E-state index contributed by atoms with van der Waals surface area (Å²) in [7, 11) is 0. The van der Waals surface area contributed by atoms with Crippen LogP contribution in [0.2, 0.25) is 0 Å². The highest BCUT2D eigenvalue weighted by atomic mass is 16.6. The van der Waals surface area contributed by atoms with Gasteiger partial charge in [0.15, 0.2) is 0 Å². The molecule has 2 heterocycles. The van der Waals surface area contributed by atoms with E-state index >= 15 is 0 Å². The van der Waals surface area contributed by atoms with Crippen LogP contribution < -0.4 is 10.9 Å². The molecule has 4 aromatic rings. The summed E-state index contributed by atoms with van der Waals surface area (Å²) in [4.78, 5) is 105. The van der Waals surface area contributed by atoms with Gasteiger partial charge in [-0.05, 0) is 104 Å². The number of amides is 6. The SMILES string of the molecule is CC(C)(C)c1cc(CCC(=O)NN2C(=O)c3ccc(C(=O)OCCOC(=O)c4ccc5c(c4)C(=O)N(NC(=O)CCc4cc(C(C)(C)C)c(O)c(C(C)(C)C)c4)C5=O)cc3C2=O)cc(C(C)(C)C)c1O. The highest BCUT2D eigenvalue weighted by Crippen LogP contribution is 2.41. The van der Waals surface area contributed by atoms with Gasteiger partial charge in [0.05, 0.1) is 33.4 Å². The van der Waals surface area contributed by atoms with Crippen molar-refractivity contribution >= 4 is 47.4 Å². The Hall–Kier alpha value is -7.36. The highest BCUT2D eigenvalue weighted by molar-refractivity contribution is 6.23. The Balaban J connectivity index is 0.991. The molecule has 0 aliphatic carbocycles. The number of nitrogens with one attached hydrogen (secondary N) is 2. The number of aromatic hydroxyl groups is 2. The summed E-state index contributed by atoms with van der Waals surface area (Å²) < 4.78 is 10.5. The van der Waals surface area contributed by atoms with Crippen LogP contribution in [0.5, 0.6) is 11.5 Å². The number of hydrogen-bond acceptors (Lipinski definition) is 12. The third-order valence-corrected chi connectivity index (χ3v) is 12.1. The van der Waals surface area contributed by atoms with Crippen molar-refractivity contribution in [2.24, 2.45) is 0 Å². The maximum Gasteiger partial charge on any atom is 0.338 e. The topological polar surface area (TPSA) is 226 Å². The number of imide groups is 2. The molecule has 0 saturated heterocycles. The fourth-order valence-electron chi connectivity index (χ4n) is 8.22. The molecule has 370 valence electrons. The number of phenolic OH excluding ortho intramolecular Hbond substituents is 2. The largest absolute Gasteiger partial charge is 0.507 e. The first-order valence-electron chi connectivity index (χ1n) is 23.1. The quantitative estimate of drug-likeness (QED) is 0.0572. The van der Waals surface area contributed by atoms with E-state index in [4.69, 9.17) is 9.47 Å². The molecule has 0 spiro atoms. The molecular weight excluding hydrogens is 897 g/mol. The third kappa shape index (κ3) is 11.1. The first-order valence-corrected chi connectivity index (χ1v) is 23.1. The first kappa shape index (κ1) is 52.0. The van der Waals surface area contributed by atoms with Crippen LogP contribution in [-0.2, 0) is 53.6 Å². The maximum atomic E-state index is 13.3. The van der Waals surface area contributed by atoms with Crippen LogP contribution in [0.3, 0.4) is 0 Å². The minimum Gasteiger partial charge on any atom is -0.507 e. The van der Waals surface area contributed by atoms with Crippen LogP contribution >= 0.6 is 0 Å². The van der Waals surface area contributed by atoms with Crippen LogP contribution in [0.4, 0.5) is 0 Å². The van der Waals surface area contributed by atoms with Crippen LogP contribution in [0, 0.1) is 0 Å². The molecule has 6 amide bonds. The van der Waals surface area contributed by atoms with Crippen LogP contribution in [0.15, 0.2) is 60.7 Å². The molecule has 0 aromatic heterocycles. The molecule has 2 aliphatic heterocycles. The number of hydrogen-bond donors (Lipinski definition) is 4. The molecule has 16 nitrogen and oxygen atoms in total. The summed E-state index contributed by atoms with van der Waals surface area (Å²) in [5.74, 6) is -5.81. The number of carbonyl (C=O) groups is 8. The number of benzene rings is 4. The number of nitrogens with zero attached hydrogens (tertiary/aromatic N) is 2. The van der Waals surface area contributed by atoms with Gasteiger partial charge in [-0.25, -0.2) is 9.59 Å². The number of ether oxygens (including phenoxy) is 2. The lowest BCUT2D eigenvalue weighted by Gasteiger charge is -2.28. The third-order valence-electron chi connectivity index (χ3n) is 12.1. The van der Waals surface area contributed by atoms with Crippen molar-refractivity contribution in [3.63, 3.8) is 0 Å². The predicted octanol–water partition coefficient (Wildman–Crippen LogP) is 7.82. The van der Waals surface area contributed by atoms with Crippen molar-refractivity contribution in [1.29, 1.82) is 0 Å². The van der Waals surface area contributed by atoms with E-state index in [1.165, 1.54) is 36.4 Å². The molecule has 6 rings (SSSR count). The maximum absolute atomic E-state index is 13.3. The number of esters is 2. The summed E-state index contributed by atoms with van der Waals surface area (Å²) in [6.45, 7) is 23.0. The van der Waals surface area contributed by atoms with Crippen molar-refractivity contribution in [3.8, 4) is 11.5 Å². The standard InChI is InChI=1S/C54H62N4O12/c1-51(2,3)37-23-29(24-38(43(37)61)52(4,5)6)13-19-41(59)55-57-45(63)33-17-15-31(27-35(33)47(57)65)49(67)69-21-22-70-50(68)32-16-18-34-36(28-32)48(66)58(46(34)64)56-42(60)20-14-30-25-39(53(7,8)9)44(62)40(26-30)54(10,11)12/h15-18,23-28,61-62H,13-14,19-22H2,1-12H3,(H,55,59)(H,56,60). The number of aryl methyl sites for hydroxylation is 2. The normalized spacial score (nSPS) is 13.9. The zero-order chi connectivity index (χ0) is 52.0. The average Bonchev–Trinajstić information content (AvgIpc) is 3.64. The number of carbonyl (C=O) groups excluding carboxylic acids is 8. The fourth-order valence-corrected chi connectivity index (χ4v) is 8.22. The molecule has 0 saturated carbocycles. The lowest BCUT2D eigenvalue weighted by molar-refractivity contribution is -0.124. The van der Waals surface area contributed by atoms with Crippen LogP contribution in [0.1, 0.15) is 191 Å². The van der Waals surface area contributed by atoms with E-state index in [-0.39, 0.29) is 92.2 Å². The van der Waals surface area contributed by atoms with Gasteiger partial charge >= 0.3 is 11.9 Å². The summed E-state index contributed by atoms with van der Waals surface area (Å²) >= 11 is 0. The second-order valence-electron chi connectivity index (χ2n) is 21.8. The van der Waals surface area contributed by atoms with E-state index in [1.807, 2.05) is 107 Å². The Kier molecular flexibility index (Phi) is 14.3. The van der Waals surface area contributed by atoms with Gasteiger partial charge in [-0.2, -0.15) is 10.0 Å². The van der Waals surface area contributed by atoms with Gasteiger partial charge in [-0.3, -0.25) is 39.6 Å². The average molecular weight is 959 g/mol. The molecular formula is C54H62N4O12. The summed E-state index contributed by atoms with van der Waals surface area (Å²) in [5, 5.41) is 23.3. The Morgan fingerprint density at radius 1 is 0.457 bits per heavy atom. The van der Waals surface area contributed by atoms with E-state index in [0.717, 1.165) is 33.4 Å². The number of fused-ring (bicyclic) bond motifs is 2. The Bertz CT molecular complexity index is 2590. The van der Waals surface area contributed by atoms with Crippen LogP contribution in [-0.4, -0.2) is 80.8 Å². The molecule has 0 bridgehead atoms. The van der Waals surface area contributed by atoms with Gasteiger partial charge in [-0.1, -0.05) is 107 Å². The summed E-state index contributed by atoms with van der Waals surface area (Å²) in [6, 6.07) is 14.9. The second-order valence-corrected chi connectivity index (χ2v) is 21.8. The van der Waals surface area contributed by atoms with E-state index in [1.54, 1.807) is 0 Å². The number of hydrazine groups is 2. The van der Waals surface area contributed by atoms with Crippen molar-refractivity contribution in [2.45, 2.75) is 130 Å². The van der Waals surface area contributed by atoms with Gasteiger partial charge in [0, 0.05) is 12.8 Å². The monoisotopic (exact) mass is 958 g/mol. The van der Waals surface area contributed by atoms with E-state index < -0.39 is 60.6 Å². The van der Waals surface area contributed by atoms with Crippen molar-refractivity contribution < 1.29 is 58.0 Å². The Labute approximate surface area is 407 Å². The summed E-state index contributed by atoms with van der Waals surface area (Å²) in [6.07, 6.45) is 0.393. The summed E-state index contributed by atoms with van der Waals surface area (Å²) in [5.41, 5.74) is 7.34. The van der Waals surface area contributed by atoms with Gasteiger partial charge in [0.2, 0.25) is 11.8 Å². The molecule has 0 fully saturated rings. The van der Waals surface area contributed by atoms with Gasteiger partial charge in [-0.15, -0.1) is 0 Å². The molecule has 0 radical (unpaired) electrons. The minimum atomic E-state index is -0.893. The molecule has 2 aliphatic rings. The molecule has 70 heavy (non-hydrogen) atoms. The van der Waals surface area contributed by atoms with Crippen molar-refractivity contribution in [3.05, 3.63) is 127 Å². The van der Waals surface area contributed by atoms with Gasteiger partial charge in [0.1, 0.15) is 24.7 Å². The highest BCUT2D eigenvalue weighted by Gasteiger charge is 2.39. The lowest BCUT2D eigenvalue weighted by atomic mass is 9.78. The van der Waals surface area contributed by atoms with E-state index in [9.17, 15) is 48.6 Å². The Morgan fingerprint density at radius 3 is 1.03 bits per heavy atom. The smallest absolute Gasteiger partial charge is 0.338 e. The molecule has 4 N–H and O–H groups in total. The van der Waals surface area contributed by atoms with Crippen LogP contribution in [0.25, 0.3) is 0 Å². The molecule has 16 heteroatoms. The number of phenols is 2. The zero-order valence-corrected chi connectivity index (χ0v) is 41.9. The van der Waals surface area contributed by atoms with E-state index in [0.29, 0.717) is 10.0 Å². The fraction of sp³-hybridized carbons (Fsp3) is 0.407. The predicted molar refractivity (Wildman–Crippen MR) is 258 cm³/mol. The minimum absolute atomic E-state index is 0.0333. The molecule has 0 unspecified atom stereocenters. The lowest BCUT2D eigenvalue weighted by Crippen LogP contribution is -2.45. The zero-order valence-electron chi connectivity index (χ0n) is 41.9. The van der Waals surface area contributed by atoms with Crippen molar-refractivity contribution in [1.82, 2.24) is 20.9 Å². The molecule has 0 atom stereocenters. The second kappa shape index (κ2) is 19.2. The first-order chi connectivity index (χ1) is 32.4. The van der Waals surface area contributed by atoms with Gasteiger partial charge in [0.25, 0.3) is 23.6 Å². The van der Waals surface area contributed by atoms with Gasteiger partial charge < -0.3 is 19.7 Å².